The standard InChI is InChI=1S/C12H17NO3/c1-14-10-8-12(16-3)11(15-2)7-9(10)5-4-6-13/h4-5,7-8H,6,13H2,1-3H3. The monoisotopic (exact) mass is 223 g/mol. The Labute approximate surface area is 95.6 Å². The minimum absolute atomic E-state index is 0.484. The van der Waals surface area contributed by atoms with E-state index in [9.17, 15) is 0 Å². The molecule has 0 heterocycles. The lowest BCUT2D eigenvalue weighted by molar-refractivity contribution is 0.348. The number of nitrogens with two attached hydrogens (primary N) is 1. The number of ether oxygens (including phenoxy) is 3. The van der Waals surface area contributed by atoms with Gasteiger partial charge >= 0.3 is 0 Å². The number of hydrogen-bond acceptors (Lipinski definition) is 4. The van der Waals surface area contributed by atoms with Crippen LogP contribution in [0.5, 0.6) is 17.2 Å². The van der Waals surface area contributed by atoms with Crippen molar-refractivity contribution in [2.75, 3.05) is 27.9 Å². The first kappa shape index (κ1) is 12.4. The summed E-state index contributed by atoms with van der Waals surface area (Å²) in [5, 5.41) is 0. The van der Waals surface area contributed by atoms with Crippen molar-refractivity contribution in [3.63, 3.8) is 0 Å². The van der Waals surface area contributed by atoms with Crippen molar-refractivity contribution in [3.05, 3.63) is 23.8 Å². The summed E-state index contributed by atoms with van der Waals surface area (Å²) >= 11 is 0. The van der Waals surface area contributed by atoms with Gasteiger partial charge in [-0.3, -0.25) is 0 Å². The molecule has 4 nitrogen and oxygen atoms in total. The first-order chi connectivity index (χ1) is 7.76. The van der Waals surface area contributed by atoms with E-state index in [1.54, 1.807) is 27.4 Å². The number of rotatable bonds is 5. The van der Waals surface area contributed by atoms with Crippen molar-refractivity contribution in [2.45, 2.75) is 0 Å². The second kappa shape index (κ2) is 6.02. The third kappa shape index (κ3) is 2.67. The van der Waals surface area contributed by atoms with Crippen LogP contribution >= 0.6 is 0 Å². The highest BCUT2D eigenvalue weighted by Gasteiger charge is 2.09. The van der Waals surface area contributed by atoms with E-state index in [1.807, 2.05) is 18.2 Å². The van der Waals surface area contributed by atoms with Gasteiger partial charge in [0.2, 0.25) is 0 Å². The molecule has 0 saturated carbocycles. The van der Waals surface area contributed by atoms with Crippen molar-refractivity contribution < 1.29 is 14.2 Å². The van der Waals surface area contributed by atoms with Gasteiger partial charge in [-0.2, -0.15) is 0 Å². The fourth-order valence-electron chi connectivity index (χ4n) is 1.38. The van der Waals surface area contributed by atoms with E-state index in [1.165, 1.54) is 0 Å². The molecule has 0 saturated heterocycles. The Balaban J connectivity index is 3.20. The SMILES string of the molecule is COc1cc(OC)c(OC)cc1C=CCN. The van der Waals surface area contributed by atoms with Crippen LogP contribution in [-0.4, -0.2) is 27.9 Å². The van der Waals surface area contributed by atoms with Gasteiger partial charge in [0, 0.05) is 18.2 Å². The summed E-state index contributed by atoms with van der Waals surface area (Å²) in [5.74, 6) is 2.03. The Hall–Kier alpha value is -1.68. The highest BCUT2D eigenvalue weighted by Crippen LogP contribution is 2.35. The molecule has 88 valence electrons. The van der Waals surface area contributed by atoms with Crippen LogP contribution in [0.4, 0.5) is 0 Å². The maximum atomic E-state index is 5.41. The third-order valence-electron chi connectivity index (χ3n) is 2.17. The zero-order chi connectivity index (χ0) is 12.0. The van der Waals surface area contributed by atoms with Gasteiger partial charge in [-0.05, 0) is 6.07 Å². The summed E-state index contributed by atoms with van der Waals surface area (Å²) in [4.78, 5) is 0. The number of methoxy groups -OCH3 is 3. The minimum atomic E-state index is 0.484. The summed E-state index contributed by atoms with van der Waals surface area (Å²) in [6.07, 6.45) is 3.74. The van der Waals surface area contributed by atoms with Crippen LogP contribution in [0.25, 0.3) is 6.08 Å². The molecule has 1 rings (SSSR count). The van der Waals surface area contributed by atoms with Gasteiger partial charge in [-0.1, -0.05) is 12.2 Å². The first-order valence-corrected chi connectivity index (χ1v) is 4.93. The average Bonchev–Trinajstić information content (AvgIpc) is 2.35. The van der Waals surface area contributed by atoms with Crippen LogP contribution in [0.1, 0.15) is 5.56 Å². The Morgan fingerprint density at radius 1 is 1.00 bits per heavy atom. The number of hydrogen-bond donors (Lipinski definition) is 1. The third-order valence-corrected chi connectivity index (χ3v) is 2.17. The minimum Gasteiger partial charge on any atom is -0.496 e. The molecule has 0 amide bonds. The van der Waals surface area contributed by atoms with Crippen LogP contribution in [0.15, 0.2) is 18.2 Å². The quantitative estimate of drug-likeness (QED) is 0.825. The second-order valence-electron chi connectivity index (χ2n) is 3.09. The van der Waals surface area contributed by atoms with E-state index in [4.69, 9.17) is 19.9 Å². The lowest BCUT2D eigenvalue weighted by Gasteiger charge is -2.11. The van der Waals surface area contributed by atoms with Crippen LogP contribution in [-0.2, 0) is 0 Å². The fraction of sp³-hybridized carbons (Fsp3) is 0.333. The van der Waals surface area contributed by atoms with Gasteiger partial charge < -0.3 is 19.9 Å². The molecule has 0 bridgehead atoms. The predicted octanol–water partition coefficient (Wildman–Crippen LogP) is 1.68. The molecule has 1 aromatic carbocycles. The Kier molecular flexibility index (Phi) is 4.66. The maximum Gasteiger partial charge on any atom is 0.164 e. The van der Waals surface area contributed by atoms with Crippen LogP contribution in [0, 0.1) is 0 Å². The smallest absolute Gasteiger partial charge is 0.164 e. The van der Waals surface area contributed by atoms with E-state index in [-0.39, 0.29) is 0 Å². The van der Waals surface area contributed by atoms with Crippen molar-refractivity contribution in [1.82, 2.24) is 0 Å². The molecule has 1 aromatic rings. The first-order valence-electron chi connectivity index (χ1n) is 4.93. The molecular formula is C12H17NO3. The van der Waals surface area contributed by atoms with Crippen molar-refractivity contribution in [3.8, 4) is 17.2 Å². The van der Waals surface area contributed by atoms with Crippen molar-refractivity contribution >= 4 is 6.08 Å². The van der Waals surface area contributed by atoms with Gasteiger partial charge in [0.1, 0.15) is 5.75 Å². The number of benzene rings is 1. The molecule has 0 aliphatic rings. The summed E-state index contributed by atoms with van der Waals surface area (Å²) in [7, 11) is 4.80. The molecule has 0 unspecified atom stereocenters. The van der Waals surface area contributed by atoms with E-state index >= 15 is 0 Å². The van der Waals surface area contributed by atoms with Crippen LogP contribution < -0.4 is 19.9 Å². The van der Waals surface area contributed by atoms with Gasteiger partial charge in [-0.15, -0.1) is 0 Å². The Bertz CT molecular complexity index is 375. The van der Waals surface area contributed by atoms with Crippen molar-refractivity contribution in [2.24, 2.45) is 5.73 Å². The highest BCUT2D eigenvalue weighted by molar-refractivity contribution is 5.63. The zero-order valence-electron chi connectivity index (χ0n) is 9.82. The van der Waals surface area contributed by atoms with Gasteiger partial charge in [0.05, 0.1) is 21.3 Å². The molecule has 0 atom stereocenters. The molecule has 0 fully saturated rings. The lowest BCUT2D eigenvalue weighted by Crippen LogP contribution is -1.95. The Morgan fingerprint density at radius 3 is 2.06 bits per heavy atom. The lowest BCUT2D eigenvalue weighted by atomic mass is 10.1. The molecule has 2 N–H and O–H groups in total. The second-order valence-corrected chi connectivity index (χ2v) is 3.09. The van der Waals surface area contributed by atoms with Crippen LogP contribution in [0.3, 0.4) is 0 Å². The maximum absolute atomic E-state index is 5.41. The molecular weight excluding hydrogens is 206 g/mol. The largest absolute Gasteiger partial charge is 0.496 e. The van der Waals surface area contributed by atoms with E-state index in [2.05, 4.69) is 0 Å². The highest BCUT2D eigenvalue weighted by atomic mass is 16.5. The summed E-state index contributed by atoms with van der Waals surface area (Å²) in [6.45, 7) is 0.484. The van der Waals surface area contributed by atoms with Crippen LogP contribution in [0.2, 0.25) is 0 Å². The molecule has 0 spiro atoms. The molecule has 0 aromatic heterocycles. The topological polar surface area (TPSA) is 53.7 Å². The molecule has 0 radical (unpaired) electrons. The average molecular weight is 223 g/mol. The summed E-state index contributed by atoms with van der Waals surface area (Å²) in [5.41, 5.74) is 6.32. The molecule has 0 aliphatic heterocycles. The van der Waals surface area contributed by atoms with Gasteiger partial charge in [0.25, 0.3) is 0 Å². The predicted molar refractivity (Wildman–Crippen MR) is 64.2 cm³/mol. The van der Waals surface area contributed by atoms with E-state index in [0.717, 1.165) is 11.3 Å². The summed E-state index contributed by atoms with van der Waals surface area (Å²) in [6, 6.07) is 3.64. The van der Waals surface area contributed by atoms with Crippen molar-refractivity contribution in [1.29, 1.82) is 0 Å². The summed E-state index contributed by atoms with van der Waals surface area (Å²) < 4.78 is 15.7. The van der Waals surface area contributed by atoms with E-state index in [0.29, 0.717) is 18.0 Å². The Morgan fingerprint density at radius 2 is 1.56 bits per heavy atom. The fourth-order valence-corrected chi connectivity index (χ4v) is 1.38. The molecule has 0 aliphatic carbocycles. The van der Waals surface area contributed by atoms with E-state index < -0.39 is 0 Å². The van der Waals surface area contributed by atoms with Gasteiger partial charge in [0.15, 0.2) is 11.5 Å². The van der Waals surface area contributed by atoms with Gasteiger partial charge in [-0.25, -0.2) is 0 Å². The molecule has 4 heteroatoms. The normalized spacial score (nSPS) is 10.5. The molecule has 16 heavy (non-hydrogen) atoms. The zero-order valence-corrected chi connectivity index (χ0v) is 9.82.